The normalized spacial score (nSPS) is 12.1. The second-order valence-electron chi connectivity index (χ2n) is 10.0. The van der Waals surface area contributed by atoms with E-state index >= 15 is 0 Å². The molecule has 1 atom stereocenters. The number of anilines is 1. The molecule has 8 heteroatoms. The number of hydrogen-bond donors (Lipinski definition) is 1. The summed E-state index contributed by atoms with van der Waals surface area (Å²) in [7, 11) is -4.09. The first-order chi connectivity index (χ1) is 18.4. The van der Waals surface area contributed by atoms with Gasteiger partial charge in [0.05, 0.1) is 10.6 Å². The SMILES string of the molecule is CCCNC(=O)[C@H](C)N(Cc1ccc(C)cc1)C(=O)CN(c1cccc(C)c1C)S(=O)(=O)c1ccc(C)cc1. The van der Waals surface area contributed by atoms with Gasteiger partial charge in [-0.3, -0.25) is 13.9 Å². The lowest BCUT2D eigenvalue weighted by atomic mass is 10.1. The zero-order valence-corrected chi connectivity index (χ0v) is 24.5. The van der Waals surface area contributed by atoms with Crippen LogP contribution in [-0.4, -0.2) is 44.3 Å². The first kappa shape index (κ1) is 29.9. The monoisotopic (exact) mass is 549 g/mol. The molecule has 0 aromatic heterocycles. The number of hydrogen-bond acceptors (Lipinski definition) is 4. The summed E-state index contributed by atoms with van der Waals surface area (Å²) in [5.74, 6) is -0.747. The molecule has 0 unspecified atom stereocenters. The van der Waals surface area contributed by atoms with Crippen LogP contribution in [0.25, 0.3) is 0 Å². The molecule has 3 aromatic carbocycles. The van der Waals surface area contributed by atoms with Crippen LogP contribution in [0.2, 0.25) is 0 Å². The summed E-state index contributed by atoms with van der Waals surface area (Å²) < 4.78 is 29.1. The number of carbonyl (C=O) groups excluding carboxylic acids is 2. The van der Waals surface area contributed by atoms with Gasteiger partial charge < -0.3 is 10.2 Å². The molecule has 0 radical (unpaired) electrons. The molecular formula is C31H39N3O4S. The molecule has 0 aliphatic rings. The van der Waals surface area contributed by atoms with E-state index in [0.29, 0.717) is 12.2 Å². The maximum atomic E-state index is 14.0. The van der Waals surface area contributed by atoms with Crippen LogP contribution < -0.4 is 9.62 Å². The minimum absolute atomic E-state index is 0.0978. The number of nitrogens with one attached hydrogen (secondary N) is 1. The van der Waals surface area contributed by atoms with Crippen molar-refractivity contribution in [1.82, 2.24) is 10.2 Å². The van der Waals surface area contributed by atoms with E-state index in [1.165, 1.54) is 9.21 Å². The highest BCUT2D eigenvalue weighted by Gasteiger charge is 2.33. The van der Waals surface area contributed by atoms with Gasteiger partial charge in [-0.15, -0.1) is 0 Å². The fourth-order valence-corrected chi connectivity index (χ4v) is 5.70. The summed E-state index contributed by atoms with van der Waals surface area (Å²) in [6.45, 7) is 11.5. The van der Waals surface area contributed by atoms with Crippen molar-refractivity contribution in [3.05, 3.63) is 94.5 Å². The molecule has 0 heterocycles. The Morgan fingerprint density at radius 2 is 1.46 bits per heavy atom. The quantitative estimate of drug-likeness (QED) is 0.362. The standard InChI is InChI=1S/C31H39N3O4S/c1-7-19-32-31(36)26(6)33(20-27-15-11-22(2)12-16-27)30(35)21-34(29-10-8-9-24(4)25(29)5)39(37,38)28-17-13-23(3)14-18-28/h8-18,26H,7,19-21H2,1-6H3,(H,32,36)/t26-/m0/s1. The fraction of sp³-hybridized carbons (Fsp3) is 0.355. The van der Waals surface area contributed by atoms with Crippen molar-refractivity contribution < 1.29 is 18.0 Å². The maximum absolute atomic E-state index is 14.0. The van der Waals surface area contributed by atoms with Crippen LogP contribution in [0.5, 0.6) is 0 Å². The highest BCUT2D eigenvalue weighted by atomic mass is 32.2. The Bertz CT molecular complexity index is 1400. The number of amides is 2. The van der Waals surface area contributed by atoms with E-state index in [0.717, 1.165) is 34.2 Å². The van der Waals surface area contributed by atoms with Gasteiger partial charge in [-0.1, -0.05) is 66.6 Å². The lowest BCUT2D eigenvalue weighted by Gasteiger charge is -2.32. The average molecular weight is 550 g/mol. The van der Waals surface area contributed by atoms with E-state index in [-0.39, 0.29) is 17.3 Å². The Morgan fingerprint density at radius 3 is 2.05 bits per heavy atom. The molecule has 1 N–H and O–H groups in total. The molecule has 3 aromatic rings. The van der Waals surface area contributed by atoms with Crippen LogP contribution in [0.1, 0.15) is 48.1 Å². The molecule has 0 aliphatic carbocycles. The van der Waals surface area contributed by atoms with E-state index in [2.05, 4.69) is 5.32 Å². The smallest absolute Gasteiger partial charge is 0.264 e. The van der Waals surface area contributed by atoms with Crippen LogP contribution >= 0.6 is 0 Å². The van der Waals surface area contributed by atoms with Gasteiger partial charge in [0, 0.05) is 13.1 Å². The summed E-state index contributed by atoms with van der Waals surface area (Å²) in [6, 6.07) is 18.9. The van der Waals surface area contributed by atoms with E-state index in [4.69, 9.17) is 0 Å². The molecule has 0 bridgehead atoms. The van der Waals surface area contributed by atoms with Crippen molar-refractivity contribution in [3.8, 4) is 0 Å². The van der Waals surface area contributed by atoms with Crippen molar-refractivity contribution in [2.75, 3.05) is 17.4 Å². The van der Waals surface area contributed by atoms with Gasteiger partial charge in [0.1, 0.15) is 12.6 Å². The Balaban J connectivity index is 2.05. The van der Waals surface area contributed by atoms with E-state index in [1.54, 1.807) is 43.3 Å². The minimum atomic E-state index is -4.09. The molecule has 208 valence electrons. The Morgan fingerprint density at radius 1 is 0.872 bits per heavy atom. The molecular weight excluding hydrogens is 510 g/mol. The van der Waals surface area contributed by atoms with Gasteiger partial charge >= 0.3 is 0 Å². The second-order valence-corrected chi connectivity index (χ2v) is 11.9. The topological polar surface area (TPSA) is 86.8 Å². The zero-order valence-electron chi connectivity index (χ0n) is 23.7. The van der Waals surface area contributed by atoms with Crippen molar-refractivity contribution in [2.45, 2.75) is 65.4 Å². The predicted octanol–water partition coefficient (Wildman–Crippen LogP) is 5.06. The molecule has 7 nitrogen and oxygen atoms in total. The number of carbonyl (C=O) groups is 2. The van der Waals surface area contributed by atoms with Crippen LogP contribution in [0, 0.1) is 27.7 Å². The largest absolute Gasteiger partial charge is 0.354 e. The summed E-state index contributed by atoms with van der Waals surface area (Å²) in [5.41, 5.74) is 4.97. The van der Waals surface area contributed by atoms with Gasteiger partial charge in [0.15, 0.2) is 0 Å². The van der Waals surface area contributed by atoms with Crippen LogP contribution in [0.15, 0.2) is 71.6 Å². The van der Waals surface area contributed by atoms with Crippen molar-refractivity contribution >= 4 is 27.5 Å². The molecule has 0 spiro atoms. The third-order valence-corrected chi connectivity index (χ3v) is 8.70. The summed E-state index contributed by atoms with van der Waals surface area (Å²) >= 11 is 0. The number of sulfonamides is 1. The average Bonchev–Trinajstić information content (AvgIpc) is 2.91. The lowest BCUT2D eigenvalue weighted by Crippen LogP contribution is -2.51. The Labute approximate surface area is 232 Å². The number of rotatable bonds is 11. The summed E-state index contributed by atoms with van der Waals surface area (Å²) in [4.78, 5) is 28.5. The fourth-order valence-electron chi connectivity index (χ4n) is 4.23. The molecule has 3 rings (SSSR count). The number of nitrogens with zero attached hydrogens (tertiary/aromatic N) is 2. The minimum Gasteiger partial charge on any atom is -0.354 e. The highest BCUT2D eigenvalue weighted by molar-refractivity contribution is 7.92. The summed E-state index contributed by atoms with van der Waals surface area (Å²) in [6.07, 6.45) is 0.763. The molecule has 0 aliphatic heterocycles. The lowest BCUT2D eigenvalue weighted by molar-refractivity contribution is -0.139. The molecule has 2 amide bonds. The van der Waals surface area contributed by atoms with Gasteiger partial charge in [0.25, 0.3) is 10.0 Å². The van der Waals surface area contributed by atoms with Gasteiger partial charge in [-0.2, -0.15) is 0 Å². The number of benzene rings is 3. The van der Waals surface area contributed by atoms with E-state index in [1.807, 2.05) is 65.0 Å². The van der Waals surface area contributed by atoms with Crippen molar-refractivity contribution in [3.63, 3.8) is 0 Å². The molecule has 0 saturated heterocycles. The third-order valence-electron chi connectivity index (χ3n) is 6.92. The van der Waals surface area contributed by atoms with Gasteiger partial charge in [0.2, 0.25) is 11.8 Å². The molecule has 0 saturated carbocycles. The Kier molecular flexibility index (Phi) is 9.92. The van der Waals surface area contributed by atoms with Crippen LogP contribution in [0.4, 0.5) is 5.69 Å². The molecule has 39 heavy (non-hydrogen) atoms. The van der Waals surface area contributed by atoms with Crippen molar-refractivity contribution in [2.24, 2.45) is 0 Å². The van der Waals surface area contributed by atoms with Crippen LogP contribution in [0.3, 0.4) is 0 Å². The zero-order chi connectivity index (χ0) is 28.7. The molecule has 0 fully saturated rings. The third kappa shape index (κ3) is 7.26. The van der Waals surface area contributed by atoms with Crippen LogP contribution in [-0.2, 0) is 26.2 Å². The highest BCUT2D eigenvalue weighted by Crippen LogP contribution is 2.29. The van der Waals surface area contributed by atoms with E-state index in [9.17, 15) is 18.0 Å². The predicted molar refractivity (Wildman–Crippen MR) is 156 cm³/mol. The van der Waals surface area contributed by atoms with Gasteiger partial charge in [-0.05, 0) is 75.9 Å². The Hall–Kier alpha value is -3.65. The first-order valence-corrected chi connectivity index (χ1v) is 14.7. The van der Waals surface area contributed by atoms with E-state index < -0.39 is 28.5 Å². The first-order valence-electron chi connectivity index (χ1n) is 13.2. The summed E-state index contributed by atoms with van der Waals surface area (Å²) in [5, 5.41) is 2.86. The van der Waals surface area contributed by atoms with Crippen molar-refractivity contribution in [1.29, 1.82) is 0 Å². The number of aryl methyl sites for hydroxylation is 3. The van der Waals surface area contributed by atoms with Gasteiger partial charge in [-0.25, -0.2) is 8.42 Å². The maximum Gasteiger partial charge on any atom is 0.264 e. The second kappa shape index (κ2) is 12.9.